The van der Waals surface area contributed by atoms with Crippen LogP contribution in [0.5, 0.6) is 0 Å². The first-order chi connectivity index (χ1) is 12.0. The van der Waals surface area contributed by atoms with Gasteiger partial charge in [0.15, 0.2) is 5.70 Å². The van der Waals surface area contributed by atoms with Crippen molar-refractivity contribution in [2.75, 3.05) is 0 Å². The van der Waals surface area contributed by atoms with Crippen molar-refractivity contribution < 1.29 is 9.53 Å². The molecular formula is C20H14ClNO2S. The SMILES string of the molecule is Cc1ccc(/C=C2/N=C(c3sc4cc(C)ccc4c3Cl)OC2=O)cc1. The summed E-state index contributed by atoms with van der Waals surface area (Å²) in [6.45, 7) is 4.05. The Balaban J connectivity index is 1.75. The molecule has 0 fully saturated rings. The largest absolute Gasteiger partial charge is 0.401 e. The van der Waals surface area contributed by atoms with Gasteiger partial charge in [0.1, 0.15) is 4.88 Å². The van der Waals surface area contributed by atoms with E-state index in [-0.39, 0.29) is 11.6 Å². The van der Waals surface area contributed by atoms with Crippen molar-refractivity contribution >= 4 is 51.0 Å². The topological polar surface area (TPSA) is 38.7 Å². The number of aryl methyl sites for hydroxylation is 2. The number of thiophene rings is 1. The van der Waals surface area contributed by atoms with Crippen LogP contribution in [-0.4, -0.2) is 11.9 Å². The molecule has 0 saturated carbocycles. The number of esters is 1. The predicted molar refractivity (Wildman–Crippen MR) is 103 cm³/mol. The first-order valence-electron chi connectivity index (χ1n) is 7.79. The Morgan fingerprint density at radius 3 is 2.56 bits per heavy atom. The number of hydrogen-bond acceptors (Lipinski definition) is 4. The van der Waals surface area contributed by atoms with Gasteiger partial charge in [-0.2, -0.15) is 0 Å². The van der Waals surface area contributed by atoms with E-state index in [4.69, 9.17) is 16.3 Å². The Hall–Kier alpha value is -2.43. The number of nitrogens with zero attached hydrogens (tertiary/aromatic N) is 1. The van der Waals surface area contributed by atoms with Gasteiger partial charge >= 0.3 is 5.97 Å². The highest BCUT2D eigenvalue weighted by Gasteiger charge is 2.27. The highest BCUT2D eigenvalue weighted by atomic mass is 35.5. The second kappa shape index (κ2) is 6.14. The first-order valence-corrected chi connectivity index (χ1v) is 8.99. The van der Waals surface area contributed by atoms with E-state index in [1.165, 1.54) is 11.3 Å². The van der Waals surface area contributed by atoms with Gasteiger partial charge < -0.3 is 4.74 Å². The van der Waals surface area contributed by atoms with E-state index < -0.39 is 5.97 Å². The maximum atomic E-state index is 12.2. The fourth-order valence-corrected chi connectivity index (χ4v) is 4.17. The third kappa shape index (κ3) is 2.99. The van der Waals surface area contributed by atoms with Crippen molar-refractivity contribution in [1.82, 2.24) is 0 Å². The Labute approximate surface area is 154 Å². The van der Waals surface area contributed by atoms with E-state index in [9.17, 15) is 4.79 Å². The van der Waals surface area contributed by atoms with Gasteiger partial charge in [0.2, 0.25) is 5.90 Å². The van der Waals surface area contributed by atoms with Gasteiger partial charge in [-0.15, -0.1) is 11.3 Å². The number of halogens is 1. The Morgan fingerprint density at radius 1 is 1.08 bits per heavy atom. The fourth-order valence-electron chi connectivity index (χ4n) is 2.64. The van der Waals surface area contributed by atoms with Gasteiger partial charge in [0, 0.05) is 10.1 Å². The summed E-state index contributed by atoms with van der Waals surface area (Å²) in [6, 6.07) is 13.9. The summed E-state index contributed by atoms with van der Waals surface area (Å²) in [4.78, 5) is 17.2. The standard InChI is InChI=1S/C20H14ClNO2S/c1-11-3-6-13(7-4-11)10-15-20(23)24-19(22-15)18-17(21)14-8-5-12(2)9-16(14)25-18/h3-10H,1-2H3/b15-10+. The summed E-state index contributed by atoms with van der Waals surface area (Å²) >= 11 is 7.96. The third-order valence-electron chi connectivity index (χ3n) is 3.98. The molecule has 0 atom stereocenters. The lowest BCUT2D eigenvalue weighted by molar-refractivity contribution is -0.129. The second-order valence-corrected chi connectivity index (χ2v) is 7.42. The van der Waals surface area contributed by atoms with Gasteiger partial charge in [-0.25, -0.2) is 9.79 Å². The van der Waals surface area contributed by atoms with Crippen LogP contribution in [0.4, 0.5) is 0 Å². The van der Waals surface area contributed by atoms with Crippen LogP contribution in [-0.2, 0) is 9.53 Å². The molecule has 1 aliphatic rings. The van der Waals surface area contributed by atoms with E-state index in [0.29, 0.717) is 9.90 Å². The van der Waals surface area contributed by atoms with E-state index >= 15 is 0 Å². The molecule has 2 heterocycles. The molecule has 0 amide bonds. The molecule has 0 aliphatic carbocycles. The molecule has 124 valence electrons. The van der Waals surface area contributed by atoms with E-state index in [1.807, 2.05) is 50.2 Å². The van der Waals surface area contributed by atoms with Crippen LogP contribution < -0.4 is 0 Å². The number of ether oxygens (including phenoxy) is 1. The lowest BCUT2D eigenvalue weighted by Gasteiger charge is -1.96. The zero-order valence-electron chi connectivity index (χ0n) is 13.7. The van der Waals surface area contributed by atoms with E-state index in [1.54, 1.807) is 6.08 Å². The van der Waals surface area contributed by atoms with Crippen molar-refractivity contribution in [2.24, 2.45) is 4.99 Å². The van der Waals surface area contributed by atoms with E-state index in [2.05, 4.69) is 11.1 Å². The lowest BCUT2D eigenvalue weighted by atomic mass is 10.1. The molecule has 1 aromatic heterocycles. The van der Waals surface area contributed by atoms with Crippen molar-refractivity contribution in [2.45, 2.75) is 13.8 Å². The molecule has 1 aliphatic heterocycles. The smallest absolute Gasteiger partial charge is 0.363 e. The van der Waals surface area contributed by atoms with Gasteiger partial charge in [-0.1, -0.05) is 53.6 Å². The van der Waals surface area contributed by atoms with Gasteiger partial charge in [0.05, 0.1) is 5.02 Å². The van der Waals surface area contributed by atoms with Crippen LogP contribution in [0.2, 0.25) is 5.02 Å². The summed E-state index contributed by atoms with van der Waals surface area (Å²) in [5.74, 6) is -0.188. The van der Waals surface area contributed by atoms with E-state index in [0.717, 1.165) is 26.8 Å². The monoisotopic (exact) mass is 367 g/mol. The molecule has 3 aromatic rings. The number of hydrogen-bond donors (Lipinski definition) is 0. The van der Waals surface area contributed by atoms with Crippen molar-refractivity contribution in [3.63, 3.8) is 0 Å². The molecule has 0 spiro atoms. The zero-order chi connectivity index (χ0) is 17.6. The molecule has 4 rings (SSSR count). The number of benzene rings is 2. The Bertz CT molecular complexity index is 1060. The van der Waals surface area contributed by atoms with Crippen molar-refractivity contribution in [3.8, 4) is 0 Å². The molecule has 3 nitrogen and oxygen atoms in total. The quantitative estimate of drug-likeness (QED) is 0.442. The average molecular weight is 368 g/mol. The zero-order valence-corrected chi connectivity index (χ0v) is 15.2. The summed E-state index contributed by atoms with van der Waals surface area (Å²) < 4.78 is 6.42. The number of carbonyl (C=O) groups excluding carboxylic acids is 1. The fraction of sp³-hybridized carbons (Fsp3) is 0.100. The number of cyclic esters (lactones) is 1. The lowest BCUT2D eigenvalue weighted by Crippen LogP contribution is -2.04. The van der Waals surface area contributed by atoms with Crippen LogP contribution in [0.1, 0.15) is 21.6 Å². The predicted octanol–water partition coefficient (Wildman–Crippen LogP) is 5.52. The molecule has 25 heavy (non-hydrogen) atoms. The minimum atomic E-state index is -0.458. The third-order valence-corrected chi connectivity index (χ3v) is 5.63. The molecule has 5 heteroatoms. The Kier molecular flexibility index (Phi) is 3.94. The maximum absolute atomic E-state index is 12.2. The Morgan fingerprint density at radius 2 is 1.80 bits per heavy atom. The maximum Gasteiger partial charge on any atom is 0.363 e. The number of aliphatic imine (C=N–C) groups is 1. The van der Waals surface area contributed by atoms with Gasteiger partial charge in [-0.3, -0.25) is 0 Å². The van der Waals surface area contributed by atoms with Crippen molar-refractivity contribution in [3.05, 3.63) is 74.8 Å². The summed E-state index contributed by atoms with van der Waals surface area (Å²) in [5.41, 5.74) is 3.50. The minimum absolute atomic E-state index is 0.271. The van der Waals surface area contributed by atoms with Crippen molar-refractivity contribution in [1.29, 1.82) is 0 Å². The van der Waals surface area contributed by atoms with Crippen LogP contribution in [0.3, 0.4) is 0 Å². The first kappa shape index (κ1) is 16.1. The molecule has 2 aromatic carbocycles. The molecule has 0 N–H and O–H groups in total. The highest BCUT2D eigenvalue weighted by molar-refractivity contribution is 7.21. The highest BCUT2D eigenvalue weighted by Crippen LogP contribution is 2.37. The second-order valence-electron chi connectivity index (χ2n) is 5.99. The normalized spacial score (nSPS) is 15.7. The van der Waals surface area contributed by atoms with Crippen LogP contribution >= 0.6 is 22.9 Å². The van der Waals surface area contributed by atoms with Crippen LogP contribution in [0.15, 0.2) is 53.2 Å². The van der Waals surface area contributed by atoms with Crippen LogP contribution in [0, 0.1) is 13.8 Å². The summed E-state index contributed by atoms with van der Waals surface area (Å²) in [7, 11) is 0. The van der Waals surface area contributed by atoms with Gasteiger partial charge in [-0.05, 0) is 37.1 Å². The van der Waals surface area contributed by atoms with Gasteiger partial charge in [0.25, 0.3) is 0 Å². The summed E-state index contributed by atoms with van der Waals surface area (Å²) in [6.07, 6.45) is 1.72. The summed E-state index contributed by atoms with van der Waals surface area (Å²) in [5, 5.41) is 1.52. The number of rotatable bonds is 2. The molecule has 0 bridgehead atoms. The number of carbonyl (C=O) groups is 1. The molecule has 0 saturated heterocycles. The minimum Gasteiger partial charge on any atom is -0.401 e. The molecule has 0 unspecified atom stereocenters. The number of fused-ring (bicyclic) bond motifs is 1. The molecule has 0 radical (unpaired) electrons. The average Bonchev–Trinajstić information content (AvgIpc) is 3.10. The van der Waals surface area contributed by atoms with Crippen LogP contribution in [0.25, 0.3) is 16.2 Å². The molecular weight excluding hydrogens is 354 g/mol.